The fraction of sp³-hybridized carbons (Fsp3) is 0.556. The number of urea groups is 1. The third kappa shape index (κ3) is 6.27. The Balaban J connectivity index is 1.81. The number of nitrogens with one attached hydrogen (secondary N) is 2. The summed E-state index contributed by atoms with van der Waals surface area (Å²) >= 11 is 0. The normalized spacial score (nSPS) is 20.3. The van der Waals surface area contributed by atoms with Crippen LogP contribution < -0.4 is 10.6 Å². The van der Waals surface area contributed by atoms with Crippen LogP contribution in [0.2, 0.25) is 0 Å². The van der Waals surface area contributed by atoms with E-state index in [0.29, 0.717) is 37.9 Å². The molecule has 0 saturated carbocycles. The highest BCUT2D eigenvalue weighted by atomic mass is 19.1. The number of nitrogens with zero attached hydrogens (tertiary/aromatic N) is 1. The van der Waals surface area contributed by atoms with E-state index < -0.39 is 5.60 Å². The van der Waals surface area contributed by atoms with E-state index in [1.54, 1.807) is 17.0 Å². The minimum atomic E-state index is -1.04. The van der Waals surface area contributed by atoms with Crippen molar-refractivity contribution >= 4 is 11.9 Å². The number of carbonyl (C=O) groups is 2. The zero-order chi connectivity index (χ0) is 19.0. The van der Waals surface area contributed by atoms with Gasteiger partial charge in [-0.1, -0.05) is 12.1 Å². The van der Waals surface area contributed by atoms with Crippen LogP contribution in [0.15, 0.2) is 24.3 Å². The predicted octanol–water partition coefficient (Wildman–Crippen LogP) is 1.01. The van der Waals surface area contributed by atoms with Crippen LogP contribution in [0.1, 0.15) is 24.8 Å². The second-order valence-corrected chi connectivity index (χ2v) is 6.56. The van der Waals surface area contributed by atoms with Gasteiger partial charge in [0.25, 0.3) is 0 Å². The molecule has 1 atom stereocenters. The first-order valence-electron chi connectivity index (χ1n) is 8.67. The number of benzene rings is 1. The lowest BCUT2D eigenvalue weighted by atomic mass is 9.95. The number of ether oxygens (including phenoxy) is 1. The summed E-state index contributed by atoms with van der Waals surface area (Å²) < 4.78 is 17.9. The molecule has 0 spiro atoms. The Labute approximate surface area is 152 Å². The van der Waals surface area contributed by atoms with E-state index in [0.717, 1.165) is 0 Å². The number of hydrogen-bond donors (Lipinski definition) is 3. The van der Waals surface area contributed by atoms with E-state index in [1.165, 1.54) is 19.2 Å². The minimum absolute atomic E-state index is 0.0509. The van der Waals surface area contributed by atoms with Crippen LogP contribution in [0.3, 0.4) is 0 Å². The summed E-state index contributed by atoms with van der Waals surface area (Å²) in [5.74, 6) is -0.623. The van der Waals surface area contributed by atoms with Gasteiger partial charge in [-0.25, -0.2) is 9.18 Å². The first kappa shape index (κ1) is 20.1. The molecule has 8 heteroatoms. The first-order valence-corrected chi connectivity index (χ1v) is 8.67. The van der Waals surface area contributed by atoms with E-state index in [-0.39, 0.29) is 37.5 Å². The van der Waals surface area contributed by atoms with Gasteiger partial charge in [0, 0.05) is 33.3 Å². The highest BCUT2D eigenvalue weighted by molar-refractivity contribution is 5.77. The van der Waals surface area contributed by atoms with E-state index >= 15 is 0 Å². The van der Waals surface area contributed by atoms with Crippen molar-refractivity contribution in [2.45, 2.75) is 31.4 Å². The molecular weight excluding hydrogens is 341 g/mol. The zero-order valence-corrected chi connectivity index (χ0v) is 15.0. The van der Waals surface area contributed by atoms with Gasteiger partial charge in [-0.2, -0.15) is 0 Å². The number of carbonyl (C=O) groups excluding carboxylic acids is 2. The third-order valence-corrected chi connectivity index (χ3v) is 4.43. The second-order valence-electron chi connectivity index (χ2n) is 6.56. The minimum Gasteiger partial charge on any atom is -0.388 e. The van der Waals surface area contributed by atoms with Crippen molar-refractivity contribution in [3.63, 3.8) is 0 Å². The molecule has 0 aromatic heterocycles. The number of aliphatic hydroxyl groups is 1. The monoisotopic (exact) mass is 367 g/mol. The van der Waals surface area contributed by atoms with E-state index in [9.17, 15) is 19.1 Å². The maximum atomic E-state index is 13.2. The quantitative estimate of drug-likeness (QED) is 0.700. The third-order valence-electron chi connectivity index (χ3n) is 4.43. The number of amides is 3. The summed E-state index contributed by atoms with van der Waals surface area (Å²) in [4.78, 5) is 25.4. The van der Waals surface area contributed by atoms with Gasteiger partial charge in [-0.3, -0.25) is 4.79 Å². The SMILES string of the molecule is COCC(=O)NCC1(O)CCCN(C(=O)NCc2cccc(F)c2)CC1. The maximum Gasteiger partial charge on any atom is 0.317 e. The van der Waals surface area contributed by atoms with Crippen molar-refractivity contribution in [3.8, 4) is 0 Å². The van der Waals surface area contributed by atoms with Crippen molar-refractivity contribution in [2.75, 3.05) is 33.4 Å². The van der Waals surface area contributed by atoms with Gasteiger partial charge in [0.1, 0.15) is 12.4 Å². The lowest BCUT2D eigenvalue weighted by molar-refractivity contribution is -0.126. The Bertz CT molecular complexity index is 628. The van der Waals surface area contributed by atoms with Crippen molar-refractivity contribution in [3.05, 3.63) is 35.6 Å². The van der Waals surface area contributed by atoms with Gasteiger partial charge < -0.3 is 25.4 Å². The van der Waals surface area contributed by atoms with Gasteiger partial charge in [-0.05, 0) is 37.0 Å². The van der Waals surface area contributed by atoms with Gasteiger partial charge >= 0.3 is 6.03 Å². The summed E-state index contributed by atoms with van der Waals surface area (Å²) in [6.07, 6.45) is 1.49. The van der Waals surface area contributed by atoms with Gasteiger partial charge in [-0.15, -0.1) is 0 Å². The molecule has 1 fully saturated rings. The largest absolute Gasteiger partial charge is 0.388 e. The lowest BCUT2D eigenvalue weighted by Gasteiger charge is -2.27. The van der Waals surface area contributed by atoms with Crippen molar-refractivity contribution < 1.29 is 23.8 Å². The fourth-order valence-electron chi connectivity index (χ4n) is 2.94. The highest BCUT2D eigenvalue weighted by Gasteiger charge is 2.31. The van der Waals surface area contributed by atoms with Crippen molar-refractivity contribution in [1.82, 2.24) is 15.5 Å². The number of halogens is 1. The van der Waals surface area contributed by atoms with Gasteiger partial charge in [0.2, 0.25) is 5.91 Å². The van der Waals surface area contributed by atoms with E-state index in [2.05, 4.69) is 10.6 Å². The maximum absolute atomic E-state index is 13.2. The lowest BCUT2D eigenvalue weighted by Crippen LogP contribution is -2.45. The molecule has 26 heavy (non-hydrogen) atoms. The standard InChI is InChI=1S/C18H26FN3O4/c1-26-12-16(23)21-13-18(25)6-3-8-22(9-7-18)17(24)20-11-14-4-2-5-15(19)10-14/h2,4-5,10,25H,3,6-9,11-13H2,1H3,(H,20,24)(H,21,23). The van der Waals surface area contributed by atoms with Gasteiger partial charge in [0.05, 0.1) is 5.60 Å². The fourth-order valence-corrected chi connectivity index (χ4v) is 2.94. The van der Waals surface area contributed by atoms with Crippen molar-refractivity contribution in [2.24, 2.45) is 0 Å². The molecule has 0 radical (unpaired) electrons. The molecule has 1 aromatic carbocycles. The molecule has 2 rings (SSSR count). The van der Waals surface area contributed by atoms with E-state index in [4.69, 9.17) is 4.74 Å². The van der Waals surface area contributed by atoms with Crippen LogP contribution in [-0.4, -0.2) is 60.9 Å². The smallest absolute Gasteiger partial charge is 0.317 e. The molecule has 1 heterocycles. The molecule has 3 N–H and O–H groups in total. The first-order chi connectivity index (χ1) is 12.4. The topological polar surface area (TPSA) is 90.9 Å². The Morgan fingerprint density at radius 3 is 2.85 bits per heavy atom. The Kier molecular flexibility index (Phi) is 7.35. The second kappa shape index (κ2) is 9.49. The molecule has 3 amide bonds. The number of likely N-dealkylation sites (tertiary alicyclic amines) is 1. The Morgan fingerprint density at radius 1 is 1.31 bits per heavy atom. The van der Waals surface area contributed by atoms with Crippen molar-refractivity contribution in [1.29, 1.82) is 0 Å². The molecular formula is C18H26FN3O4. The summed E-state index contributed by atoms with van der Waals surface area (Å²) in [7, 11) is 1.43. The average molecular weight is 367 g/mol. The van der Waals surface area contributed by atoms with Gasteiger partial charge in [0.15, 0.2) is 0 Å². The highest BCUT2D eigenvalue weighted by Crippen LogP contribution is 2.21. The number of hydrogen-bond acceptors (Lipinski definition) is 4. The Morgan fingerprint density at radius 2 is 2.12 bits per heavy atom. The molecule has 1 saturated heterocycles. The van der Waals surface area contributed by atoms with Crippen LogP contribution in [-0.2, 0) is 16.1 Å². The zero-order valence-electron chi connectivity index (χ0n) is 15.0. The number of methoxy groups -OCH3 is 1. The van der Waals surface area contributed by atoms with Crippen LogP contribution >= 0.6 is 0 Å². The molecule has 144 valence electrons. The molecule has 1 aliphatic rings. The molecule has 0 bridgehead atoms. The summed E-state index contributed by atoms with van der Waals surface area (Å²) in [6, 6.07) is 5.83. The summed E-state index contributed by atoms with van der Waals surface area (Å²) in [5, 5.41) is 16.1. The predicted molar refractivity (Wildman–Crippen MR) is 93.9 cm³/mol. The number of rotatable bonds is 6. The summed E-state index contributed by atoms with van der Waals surface area (Å²) in [6.45, 7) is 1.22. The molecule has 1 aromatic rings. The van der Waals surface area contributed by atoms with Crippen LogP contribution in [0.25, 0.3) is 0 Å². The molecule has 1 aliphatic heterocycles. The molecule has 1 unspecified atom stereocenters. The van der Waals surface area contributed by atoms with Crippen LogP contribution in [0.5, 0.6) is 0 Å². The van der Waals surface area contributed by atoms with Crippen LogP contribution in [0.4, 0.5) is 9.18 Å². The molecule has 0 aliphatic carbocycles. The average Bonchev–Trinajstić information content (AvgIpc) is 2.81. The summed E-state index contributed by atoms with van der Waals surface area (Å²) in [5.41, 5.74) is -0.355. The molecule has 7 nitrogen and oxygen atoms in total. The van der Waals surface area contributed by atoms with Crippen LogP contribution in [0, 0.1) is 5.82 Å². The Hall–Kier alpha value is -2.19. The van der Waals surface area contributed by atoms with E-state index in [1.807, 2.05) is 0 Å².